The van der Waals surface area contributed by atoms with Crippen molar-refractivity contribution in [1.29, 1.82) is 0 Å². The van der Waals surface area contributed by atoms with E-state index in [2.05, 4.69) is 16.0 Å². The van der Waals surface area contributed by atoms with E-state index in [-0.39, 0.29) is 62.4 Å². The Morgan fingerprint density at radius 3 is 1.42 bits per heavy atom. The molecule has 256 valence electrons. The van der Waals surface area contributed by atoms with E-state index in [1.54, 1.807) is 14.7 Å². The molecule has 2 aliphatic rings. The van der Waals surface area contributed by atoms with Crippen LogP contribution in [-0.2, 0) is 28.8 Å². The van der Waals surface area contributed by atoms with Gasteiger partial charge in [-0.1, -0.05) is 13.3 Å². The zero-order chi connectivity index (χ0) is 33.2. The van der Waals surface area contributed by atoms with Gasteiger partial charge in [0.2, 0.25) is 17.7 Å². The van der Waals surface area contributed by atoms with E-state index in [4.69, 9.17) is 0 Å². The van der Waals surface area contributed by atoms with Crippen molar-refractivity contribution in [2.24, 2.45) is 5.92 Å². The van der Waals surface area contributed by atoms with Gasteiger partial charge in [-0.2, -0.15) is 0 Å². The Bertz CT molecular complexity index is 959. The molecule has 6 N–H and O–H groups in total. The highest BCUT2D eigenvalue weighted by atomic mass is 16.4. The third-order valence-corrected chi connectivity index (χ3v) is 8.11. The van der Waals surface area contributed by atoms with Gasteiger partial charge in [-0.3, -0.25) is 48.4 Å². The lowest BCUT2D eigenvalue weighted by molar-refractivity contribution is -0.140. The molecule has 2 rings (SSSR count). The summed E-state index contributed by atoms with van der Waals surface area (Å²) < 4.78 is 0. The first-order valence-electron chi connectivity index (χ1n) is 15.8. The topological polar surface area (TPSA) is 212 Å². The number of carboxylic acid groups (broad SMARTS) is 3. The maximum absolute atomic E-state index is 13.1. The quantitative estimate of drug-likeness (QED) is 0.109. The molecule has 3 amide bonds. The van der Waals surface area contributed by atoms with Gasteiger partial charge in [0, 0.05) is 70.9 Å². The maximum atomic E-state index is 13.1. The number of carbonyl (C=O) groups is 6. The number of rotatable bonds is 15. The Hall–Kier alpha value is -3.34. The van der Waals surface area contributed by atoms with Gasteiger partial charge in [-0.15, -0.1) is 0 Å². The highest BCUT2D eigenvalue weighted by molar-refractivity contribution is 5.85. The summed E-state index contributed by atoms with van der Waals surface area (Å²) in [5.74, 6) is -3.84. The summed E-state index contributed by atoms with van der Waals surface area (Å²) in [7, 11) is 0. The van der Waals surface area contributed by atoms with Crippen molar-refractivity contribution < 1.29 is 44.1 Å². The number of hydrogen-bond donors (Lipinski definition) is 6. The number of unbranched alkanes of at least 4 members (excludes halogenated alkanes) is 1. The van der Waals surface area contributed by atoms with E-state index in [1.807, 2.05) is 11.8 Å². The van der Waals surface area contributed by atoms with Gasteiger partial charge in [-0.25, -0.2) is 0 Å². The van der Waals surface area contributed by atoms with E-state index in [0.717, 1.165) is 12.8 Å². The zero-order valence-corrected chi connectivity index (χ0v) is 26.4. The molecule has 0 spiro atoms. The van der Waals surface area contributed by atoms with Crippen molar-refractivity contribution in [2.75, 3.05) is 91.6 Å². The molecule has 0 atom stereocenters. The second kappa shape index (κ2) is 20.6. The minimum Gasteiger partial charge on any atom is -0.480 e. The van der Waals surface area contributed by atoms with Crippen molar-refractivity contribution in [3.8, 4) is 0 Å². The van der Waals surface area contributed by atoms with Crippen LogP contribution in [0.1, 0.15) is 45.4 Å². The summed E-state index contributed by atoms with van der Waals surface area (Å²) in [5.41, 5.74) is 0. The van der Waals surface area contributed by atoms with Gasteiger partial charge >= 0.3 is 17.9 Å². The fraction of sp³-hybridized carbons (Fsp3) is 0.793. The largest absolute Gasteiger partial charge is 0.480 e. The summed E-state index contributed by atoms with van der Waals surface area (Å²) in [6.45, 7) is 4.50. The molecular weight excluding hydrogens is 590 g/mol. The van der Waals surface area contributed by atoms with Crippen molar-refractivity contribution in [1.82, 2.24) is 35.6 Å². The molecule has 1 heterocycles. The number of carbonyl (C=O) groups excluding carboxylic acids is 3. The first-order chi connectivity index (χ1) is 21.4. The van der Waals surface area contributed by atoms with E-state index in [9.17, 15) is 44.1 Å². The van der Waals surface area contributed by atoms with Crippen molar-refractivity contribution in [3.63, 3.8) is 0 Å². The predicted molar refractivity (Wildman–Crippen MR) is 163 cm³/mol. The minimum absolute atomic E-state index is 0.0422. The lowest BCUT2D eigenvalue weighted by atomic mass is 9.85. The van der Waals surface area contributed by atoms with Crippen LogP contribution in [0, 0.1) is 5.92 Å². The molecule has 0 bridgehead atoms. The van der Waals surface area contributed by atoms with Crippen LogP contribution in [0.3, 0.4) is 0 Å². The van der Waals surface area contributed by atoms with Crippen molar-refractivity contribution >= 4 is 35.6 Å². The molecule has 1 aliphatic heterocycles. The van der Waals surface area contributed by atoms with Crippen LogP contribution in [0.5, 0.6) is 0 Å². The Labute approximate surface area is 264 Å². The molecule has 1 aliphatic carbocycles. The third kappa shape index (κ3) is 16.5. The maximum Gasteiger partial charge on any atom is 0.317 e. The molecule has 0 aromatic heterocycles. The van der Waals surface area contributed by atoms with Gasteiger partial charge in [-0.05, 0) is 32.1 Å². The molecule has 0 unspecified atom stereocenters. The van der Waals surface area contributed by atoms with Gasteiger partial charge in [0.1, 0.15) is 0 Å². The number of aliphatic carboxylic acids is 3. The van der Waals surface area contributed by atoms with Crippen LogP contribution < -0.4 is 16.0 Å². The van der Waals surface area contributed by atoms with E-state index >= 15 is 0 Å². The second-order valence-electron chi connectivity index (χ2n) is 11.8. The van der Waals surface area contributed by atoms with Crippen LogP contribution >= 0.6 is 0 Å². The van der Waals surface area contributed by atoms with Crippen LogP contribution in [0.15, 0.2) is 0 Å². The van der Waals surface area contributed by atoms with Crippen LogP contribution in [0.25, 0.3) is 0 Å². The van der Waals surface area contributed by atoms with Gasteiger partial charge in [0.25, 0.3) is 0 Å². The van der Waals surface area contributed by atoms with Gasteiger partial charge in [0.05, 0.1) is 32.7 Å². The van der Waals surface area contributed by atoms with Gasteiger partial charge < -0.3 is 31.3 Å². The van der Waals surface area contributed by atoms with Crippen LogP contribution in [0.2, 0.25) is 0 Å². The monoisotopic (exact) mass is 641 g/mol. The Kier molecular flexibility index (Phi) is 17.4. The number of carboxylic acids is 3. The number of nitrogens with zero attached hydrogens (tertiary/aromatic N) is 4. The number of hydrogen-bond acceptors (Lipinski definition) is 10. The van der Waals surface area contributed by atoms with Crippen LogP contribution in [0.4, 0.5) is 0 Å². The molecule has 1 saturated heterocycles. The lowest BCUT2D eigenvalue weighted by Gasteiger charge is -2.33. The zero-order valence-electron chi connectivity index (χ0n) is 26.4. The summed E-state index contributed by atoms with van der Waals surface area (Å²) in [4.78, 5) is 78.7. The Morgan fingerprint density at radius 1 is 0.600 bits per heavy atom. The average Bonchev–Trinajstić information content (AvgIpc) is 2.97. The molecular formula is C29H51N7O9. The molecule has 0 aromatic rings. The lowest BCUT2D eigenvalue weighted by Crippen LogP contribution is -2.50. The highest BCUT2D eigenvalue weighted by Gasteiger charge is 2.28. The Balaban J connectivity index is 1.91. The van der Waals surface area contributed by atoms with E-state index < -0.39 is 17.9 Å². The van der Waals surface area contributed by atoms with Crippen molar-refractivity contribution in [3.05, 3.63) is 0 Å². The van der Waals surface area contributed by atoms with Gasteiger partial charge in [0.15, 0.2) is 0 Å². The Morgan fingerprint density at radius 2 is 1.02 bits per heavy atom. The summed E-state index contributed by atoms with van der Waals surface area (Å²) in [6, 6.07) is -0.0985. The fourth-order valence-corrected chi connectivity index (χ4v) is 5.54. The second-order valence-corrected chi connectivity index (χ2v) is 11.8. The number of amides is 3. The first kappa shape index (κ1) is 37.8. The van der Waals surface area contributed by atoms with E-state index in [1.165, 1.54) is 0 Å². The SMILES string of the molecule is CCCCNC(=O)CNC(=O)C1CCC(NC(=O)CN2CCN(CC(=O)O)CCN(CC(=O)O)CCN(CC(=O)O)CC2)CC1. The third-order valence-electron chi connectivity index (χ3n) is 8.11. The fourth-order valence-electron chi connectivity index (χ4n) is 5.54. The van der Waals surface area contributed by atoms with Crippen LogP contribution in [-0.4, -0.2) is 168 Å². The summed E-state index contributed by atoms with van der Waals surface area (Å²) >= 11 is 0. The van der Waals surface area contributed by atoms with Crippen molar-refractivity contribution in [2.45, 2.75) is 51.5 Å². The highest BCUT2D eigenvalue weighted by Crippen LogP contribution is 2.24. The molecule has 2 fully saturated rings. The van der Waals surface area contributed by atoms with E-state index in [0.29, 0.717) is 84.6 Å². The molecule has 45 heavy (non-hydrogen) atoms. The smallest absolute Gasteiger partial charge is 0.317 e. The predicted octanol–water partition coefficient (Wildman–Crippen LogP) is -1.83. The normalized spacial score (nSPS) is 21.5. The molecule has 0 aromatic carbocycles. The summed E-state index contributed by atoms with van der Waals surface area (Å²) in [5, 5.41) is 36.6. The average molecular weight is 642 g/mol. The molecule has 16 nitrogen and oxygen atoms in total. The first-order valence-corrected chi connectivity index (χ1v) is 15.8. The molecule has 1 saturated carbocycles. The summed E-state index contributed by atoms with van der Waals surface area (Å²) in [6.07, 6.45) is 4.28. The molecule has 0 radical (unpaired) electrons. The minimum atomic E-state index is -1.02. The number of nitrogens with one attached hydrogen (secondary N) is 3. The molecule has 16 heteroatoms. The standard InChI is InChI=1S/C29H51N7O9/c1-2-3-8-30-24(37)17-31-29(45)22-4-6-23(7-5-22)32-25(38)18-33-9-11-34(19-26(39)40)13-15-36(21-28(43)44)16-14-35(12-10-33)20-27(41)42/h22-23H,2-21H2,1H3,(H,30,37)(H,31,45)(H,32,38)(H,39,40)(H,41,42)(H,43,44).